The molecule has 0 unspecified atom stereocenters. The van der Waals surface area contributed by atoms with Crippen molar-refractivity contribution in [3.63, 3.8) is 0 Å². The number of nitrogens with zero attached hydrogens (tertiary/aromatic N) is 1. The number of benzene rings is 2. The van der Waals surface area contributed by atoms with E-state index in [1.54, 1.807) is 12.1 Å². The van der Waals surface area contributed by atoms with Gasteiger partial charge in [-0.25, -0.2) is 0 Å². The van der Waals surface area contributed by atoms with Crippen molar-refractivity contribution < 1.29 is 4.79 Å². The van der Waals surface area contributed by atoms with Crippen LogP contribution in [-0.4, -0.2) is 36.3 Å². The number of carbonyl (C=O) groups is 1. The Kier molecular flexibility index (Phi) is 7.22. The van der Waals surface area contributed by atoms with Gasteiger partial charge in [0.15, 0.2) is 0 Å². The lowest BCUT2D eigenvalue weighted by molar-refractivity contribution is 0.0772. The highest BCUT2D eigenvalue weighted by molar-refractivity contribution is 5.96. The summed E-state index contributed by atoms with van der Waals surface area (Å²) in [6, 6.07) is 11.3. The van der Waals surface area contributed by atoms with Gasteiger partial charge >= 0.3 is 0 Å². The number of carbonyl (C=O) groups excluding carboxylic acids is 1. The predicted molar refractivity (Wildman–Crippen MR) is 116 cm³/mol. The predicted octanol–water partition coefficient (Wildman–Crippen LogP) is 3.53. The number of nitrogens with two attached hydrogens (primary N) is 1. The van der Waals surface area contributed by atoms with Gasteiger partial charge in [-0.2, -0.15) is 0 Å². The number of rotatable bonds is 6. The molecular formula is C23H28N4O. The standard InChI is InChI=1S/C23H28N4O/c1-5-27(6-2)23(28)21-15-16(3)19(14-17(21)4)8-7-13-26-20-11-9-18(10-12-20)22(24)25/h9-12,14-15,26H,5-6,13H2,1-4H3,(H3,24,25). The number of aryl methyl sites for hydroxylation is 2. The Hall–Kier alpha value is -3.26. The molecule has 0 aliphatic carbocycles. The average molecular weight is 377 g/mol. The molecule has 1 amide bonds. The van der Waals surface area contributed by atoms with Crippen LogP contribution in [0.15, 0.2) is 36.4 Å². The summed E-state index contributed by atoms with van der Waals surface area (Å²) in [5.41, 5.74) is 10.7. The van der Waals surface area contributed by atoms with Crippen LogP contribution in [-0.2, 0) is 0 Å². The van der Waals surface area contributed by atoms with Crippen molar-refractivity contribution in [2.45, 2.75) is 27.7 Å². The Morgan fingerprint density at radius 2 is 1.75 bits per heavy atom. The molecule has 0 atom stereocenters. The van der Waals surface area contributed by atoms with Gasteiger partial charge in [-0.3, -0.25) is 10.2 Å². The summed E-state index contributed by atoms with van der Waals surface area (Å²) in [7, 11) is 0. The highest BCUT2D eigenvalue weighted by atomic mass is 16.2. The molecule has 5 nitrogen and oxygen atoms in total. The van der Waals surface area contributed by atoms with E-state index in [1.165, 1.54) is 0 Å². The van der Waals surface area contributed by atoms with Gasteiger partial charge in [0, 0.05) is 35.5 Å². The topological polar surface area (TPSA) is 82.2 Å². The molecule has 28 heavy (non-hydrogen) atoms. The molecule has 2 aromatic carbocycles. The number of hydrogen-bond donors (Lipinski definition) is 3. The third-order valence-electron chi connectivity index (χ3n) is 4.65. The quantitative estimate of drug-likeness (QED) is 0.410. The van der Waals surface area contributed by atoms with Gasteiger partial charge < -0.3 is 16.0 Å². The van der Waals surface area contributed by atoms with Crippen LogP contribution in [0.25, 0.3) is 0 Å². The number of anilines is 1. The van der Waals surface area contributed by atoms with Gasteiger partial charge in [0.05, 0.1) is 6.54 Å². The maximum atomic E-state index is 12.6. The van der Waals surface area contributed by atoms with Crippen molar-refractivity contribution in [3.05, 3.63) is 64.2 Å². The third-order valence-corrected chi connectivity index (χ3v) is 4.65. The van der Waals surface area contributed by atoms with Gasteiger partial charge in [0.2, 0.25) is 0 Å². The molecule has 2 aromatic rings. The van der Waals surface area contributed by atoms with E-state index in [0.717, 1.165) is 27.9 Å². The molecule has 5 heteroatoms. The van der Waals surface area contributed by atoms with Crippen LogP contribution >= 0.6 is 0 Å². The maximum Gasteiger partial charge on any atom is 0.254 e. The van der Waals surface area contributed by atoms with E-state index in [2.05, 4.69) is 17.2 Å². The second-order valence-electron chi connectivity index (χ2n) is 6.61. The molecule has 0 aromatic heterocycles. The zero-order valence-corrected chi connectivity index (χ0v) is 17.0. The minimum Gasteiger partial charge on any atom is -0.384 e. The SMILES string of the molecule is CCN(CC)C(=O)c1cc(C)c(C#CCNc2ccc(C(=N)N)cc2)cc1C. The summed E-state index contributed by atoms with van der Waals surface area (Å²) in [6.45, 7) is 9.82. The molecule has 0 heterocycles. The molecular weight excluding hydrogens is 348 g/mol. The Labute approximate surface area is 167 Å². The van der Waals surface area contributed by atoms with Crippen molar-refractivity contribution in [2.75, 3.05) is 25.0 Å². The highest BCUT2D eigenvalue weighted by Crippen LogP contribution is 2.17. The van der Waals surface area contributed by atoms with Crippen molar-refractivity contribution in [3.8, 4) is 11.8 Å². The van der Waals surface area contributed by atoms with E-state index in [-0.39, 0.29) is 11.7 Å². The third kappa shape index (κ3) is 5.14. The van der Waals surface area contributed by atoms with Gasteiger partial charge in [-0.1, -0.05) is 11.8 Å². The number of amidine groups is 1. The Morgan fingerprint density at radius 3 is 2.32 bits per heavy atom. The zero-order valence-electron chi connectivity index (χ0n) is 17.0. The van der Waals surface area contributed by atoms with Crippen LogP contribution in [0.3, 0.4) is 0 Å². The fourth-order valence-electron chi connectivity index (χ4n) is 2.92. The van der Waals surface area contributed by atoms with Gasteiger partial charge in [0.25, 0.3) is 5.91 Å². The van der Waals surface area contributed by atoms with E-state index >= 15 is 0 Å². The molecule has 0 radical (unpaired) electrons. The largest absolute Gasteiger partial charge is 0.384 e. The van der Waals surface area contributed by atoms with E-state index < -0.39 is 0 Å². The number of hydrogen-bond acceptors (Lipinski definition) is 3. The van der Waals surface area contributed by atoms with Crippen LogP contribution < -0.4 is 11.1 Å². The maximum absolute atomic E-state index is 12.6. The van der Waals surface area contributed by atoms with Crippen LogP contribution in [0.1, 0.15) is 46.5 Å². The summed E-state index contributed by atoms with van der Waals surface area (Å²) in [5.74, 6) is 6.44. The molecule has 146 valence electrons. The summed E-state index contributed by atoms with van der Waals surface area (Å²) >= 11 is 0. The highest BCUT2D eigenvalue weighted by Gasteiger charge is 2.16. The number of amides is 1. The zero-order chi connectivity index (χ0) is 20.7. The second kappa shape index (κ2) is 9.61. The molecule has 2 rings (SSSR count). The minimum atomic E-state index is 0.0557. The molecule has 0 bridgehead atoms. The molecule has 0 spiro atoms. The normalized spacial score (nSPS) is 10.0. The van der Waals surface area contributed by atoms with Gasteiger partial charge in [0.1, 0.15) is 5.84 Å². The summed E-state index contributed by atoms with van der Waals surface area (Å²) in [4.78, 5) is 14.5. The lowest BCUT2D eigenvalue weighted by Crippen LogP contribution is -2.31. The molecule has 0 saturated carbocycles. The minimum absolute atomic E-state index is 0.0557. The Bertz CT molecular complexity index is 916. The molecule has 0 aliphatic rings. The second-order valence-corrected chi connectivity index (χ2v) is 6.61. The fraction of sp³-hybridized carbons (Fsp3) is 0.304. The smallest absolute Gasteiger partial charge is 0.254 e. The van der Waals surface area contributed by atoms with E-state index in [4.69, 9.17) is 11.1 Å². The Balaban J connectivity index is 2.08. The van der Waals surface area contributed by atoms with Crippen LogP contribution in [0.4, 0.5) is 5.69 Å². The fourth-order valence-corrected chi connectivity index (χ4v) is 2.92. The first-order valence-corrected chi connectivity index (χ1v) is 9.45. The van der Waals surface area contributed by atoms with Crippen LogP contribution in [0.2, 0.25) is 0 Å². The lowest BCUT2D eigenvalue weighted by Gasteiger charge is -2.20. The van der Waals surface area contributed by atoms with Crippen molar-refractivity contribution in [1.82, 2.24) is 4.90 Å². The van der Waals surface area contributed by atoms with Crippen LogP contribution in [0.5, 0.6) is 0 Å². The first-order chi connectivity index (χ1) is 13.4. The Morgan fingerprint density at radius 1 is 1.11 bits per heavy atom. The summed E-state index contributed by atoms with van der Waals surface area (Å²) in [6.07, 6.45) is 0. The molecule has 0 aliphatic heterocycles. The molecule has 4 N–H and O–H groups in total. The van der Waals surface area contributed by atoms with Crippen molar-refractivity contribution in [2.24, 2.45) is 5.73 Å². The number of nitrogen functional groups attached to an aromatic ring is 1. The van der Waals surface area contributed by atoms with Crippen molar-refractivity contribution in [1.29, 1.82) is 5.41 Å². The first-order valence-electron chi connectivity index (χ1n) is 9.45. The summed E-state index contributed by atoms with van der Waals surface area (Å²) in [5, 5.41) is 10.6. The number of nitrogens with one attached hydrogen (secondary N) is 2. The van der Waals surface area contributed by atoms with Gasteiger partial charge in [-0.05, 0) is 75.2 Å². The average Bonchev–Trinajstić information content (AvgIpc) is 2.68. The summed E-state index contributed by atoms with van der Waals surface area (Å²) < 4.78 is 0. The molecule has 0 saturated heterocycles. The van der Waals surface area contributed by atoms with Crippen LogP contribution in [0, 0.1) is 31.1 Å². The van der Waals surface area contributed by atoms with E-state index in [0.29, 0.717) is 25.2 Å². The van der Waals surface area contributed by atoms with Gasteiger partial charge in [-0.15, -0.1) is 0 Å². The first kappa shape index (κ1) is 21.0. The van der Waals surface area contributed by atoms with E-state index in [1.807, 2.05) is 56.9 Å². The monoisotopic (exact) mass is 376 g/mol. The molecule has 0 fully saturated rings. The van der Waals surface area contributed by atoms with Crippen molar-refractivity contribution >= 4 is 17.4 Å². The lowest BCUT2D eigenvalue weighted by atomic mass is 9.99. The van der Waals surface area contributed by atoms with E-state index in [9.17, 15) is 4.79 Å².